The number of amides is 3. The lowest BCUT2D eigenvalue weighted by Crippen LogP contribution is -2.56. The van der Waals surface area contributed by atoms with Crippen LogP contribution < -0.4 is 5.32 Å². The molecule has 1 unspecified atom stereocenters. The third kappa shape index (κ3) is 5.44. The summed E-state index contributed by atoms with van der Waals surface area (Å²) in [5, 5.41) is 4.76. The van der Waals surface area contributed by atoms with Gasteiger partial charge in [-0.1, -0.05) is 50.2 Å². The van der Waals surface area contributed by atoms with Crippen LogP contribution in [-0.2, 0) is 16.0 Å². The van der Waals surface area contributed by atoms with E-state index in [9.17, 15) is 14.4 Å². The molecule has 6 nitrogen and oxygen atoms in total. The first kappa shape index (κ1) is 21.0. The summed E-state index contributed by atoms with van der Waals surface area (Å²) in [6.45, 7) is 5.79. The second-order valence-electron chi connectivity index (χ2n) is 7.50. The Kier molecular flexibility index (Phi) is 7.04. The van der Waals surface area contributed by atoms with Crippen LogP contribution in [0.1, 0.15) is 29.1 Å². The fourth-order valence-corrected chi connectivity index (χ4v) is 4.05. The minimum Gasteiger partial charge on any atom is -0.339 e. The van der Waals surface area contributed by atoms with Crippen LogP contribution in [0.3, 0.4) is 0 Å². The van der Waals surface area contributed by atoms with E-state index in [2.05, 4.69) is 5.32 Å². The van der Waals surface area contributed by atoms with Crippen molar-refractivity contribution in [2.24, 2.45) is 5.92 Å². The number of rotatable bonds is 6. The molecule has 154 valence electrons. The number of carbonyl (C=O) groups is 3. The zero-order valence-electron chi connectivity index (χ0n) is 16.8. The van der Waals surface area contributed by atoms with Gasteiger partial charge in [-0.15, -0.1) is 11.3 Å². The lowest BCUT2D eigenvalue weighted by Gasteiger charge is -2.37. The number of hydrogen-bond donors (Lipinski definition) is 1. The molecule has 1 atom stereocenters. The molecule has 1 N–H and O–H groups in total. The summed E-state index contributed by atoms with van der Waals surface area (Å²) < 4.78 is 0. The first-order valence-corrected chi connectivity index (χ1v) is 10.8. The maximum absolute atomic E-state index is 13.2. The average Bonchev–Trinajstić information content (AvgIpc) is 3.28. The molecule has 1 aliphatic rings. The number of carbonyl (C=O) groups excluding carboxylic acids is 3. The van der Waals surface area contributed by atoms with Gasteiger partial charge in [-0.25, -0.2) is 0 Å². The number of benzene rings is 1. The van der Waals surface area contributed by atoms with Crippen molar-refractivity contribution >= 4 is 29.1 Å². The first-order chi connectivity index (χ1) is 14.0. The Morgan fingerprint density at radius 2 is 1.55 bits per heavy atom. The highest BCUT2D eigenvalue weighted by molar-refractivity contribution is 7.12. The molecule has 3 rings (SSSR count). The molecule has 0 saturated carbocycles. The fourth-order valence-electron chi connectivity index (χ4n) is 3.42. The molecule has 1 saturated heterocycles. The summed E-state index contributed by atoms with van der Waals surface area (Å²) >= 11 is 1.35. The summed E-state index contributed by atoms with van der Waals surface area (Å²) in [6, 6.07) is 12.6. The maximum atomic E-state index is 13.2. The minimum atomic E-state index is -0.639. The van der Waals surface area contributed by atoms with Crippen LogP contribution in [0.4, 0.5) is 0 Å². The van der Waals surface area contributed by atoms with Crippen LogP contribution in [0.5, 0.6) is 0 Å². The molecule has 1 fully saturated rings. The van der Waals surface area contributed by atoms with Crippen molar-refractivity contribution in [3.05, 3.63) is 58.3 Å². The van der Waals surface area contributed by atoms with E-state index in [-0.39, 0.29) is 23.6 Å². The third-order valence-corrected chi connectivity index (χ3v) is 5.90. The maximum Gasteiger partial charge on any atom is 0.262 e. The van der Waals surface area contributed by atoms with Gasteiger partial charge < -0.3 is 15.1 Å². The van der Waals surface area contributed by atoms with Gasteiger partial charge >= 0.3 is 0 Å². The lowest BCUT2D eigenvalue weighted by atomic mass is 10.0. The van der Waals surface area contributed by atoms with E-state index in [1.165, 1.54) is 11.3 Å². The molecule has 2 aromatic rings. The molecular weight excluding hydrogens is 386 g/mol. The van der Waals surface area contributed by atoms with E-state index in [4.69, 9.17) is 0 Å². The molecule has 1 aromatic carbocycles. The summed E-state index contributed by atoms with van der Waals surface area (Å²) in [5.41, 5.74) is 0.992. The zero-order valence-corrected chi connectivity index (χ0v) is 17.7. The molecule has 0 bridgehead atoms. The van der Waals surface area contributed by atoms with Crippen molar-refractivity contribution in [1.29, 1.82) is 0 Å². The van der Waals surface area contributed by atoms with Crippen molar-refractivity contribution < 1.29 is 14.4 Å². The van der Waals surface area contributed by atoms with Crippen molar-refractivity contribution in [2.45, 2.75) is 26.3 Å². The van der Waals surface area contributed by atoms with Crippen LogP contribution in [-0.4, -0.2) is 59.7 Å². The Balaban J connectivity index is 1.69. The Labute approximate surface area is 175 Å². The van der Waals surface area contributed by atoms with Gasteiger partial charge in [-0.3, -0.25) is 14.4 Å². The summed E-state index contributed by atoms with van der Waals surface area (Å²) in [5.74, 6) is -0.268. The van der Waals surface area contributed by atoms with Crippen LogP contribution in [0.15, 0.2) is 47.8 Å². The predicted octanol–water partition coefficient (Wildman–Crippen LogP) is 2.42. The Morgan fingerprint density at radius 3 is 2.10 bits per heavy atom. The molecule has 0 radical (unpaired) electrons. The van der Waals surface area contributed by atoms with E-state index >= 15 is 0 Å². The van der Waals surface area contributed by atoms with E-state index in [0.29, 0.717) is 37.5 Å². The highest BCUT2D eigenvalue weighted by Gasteiger charge is 2.30. The van der Waals surface area contributed by atoms with E-state index in [1.807, 2.05) is 60.5 Å². The number of nitrogens with one attached hydrogen (secondary N) is 1. The fraction of sp³-hybridized carbons (Fsp3) is 0.409. The first-order valence-electron chi connectivity index (χ1n) is 9.91. The van der Waals surface area contributed by atoms with Crippen molar-refractivity contribution in [3.63, 3.8) is 0 Å². The van der Waals surface area contributed by atoms with Crippen molar-refractivity contribution in [3.8, 4) is 0 Å². The summed E-state index contributed by atoms with van der Waals surface area (Å²) in [6.07, 6.45) is 0.432. The second-order valence-corrected chi connectivity index (χ2v) is 8.45. The zero-order chi connectivity index (χ0) is 20.8. The minimum absolute atomic E-state index is 0.0480. The Hall–Kier alpha value is -2.67. The lowest BCUT2D eigenvalue weighted by molar-refractivity contribution is -0.142. The Morgan fingerprint density at radius 1 is 0.931 bits per heavy atom. The molecule has 2 heterocycles. The van der Waals surface area contributed by atoms with Gasteiger partial charge in [0.25, 0.3) is 5.91 Å². The van der Waals surface area contributed by atoms with Gasteiger partial charge in [0.05, 0.1) is 4.88 Å². The normalized spacial score (nSPS) is 15.3. The highest BCUT2D eigenvalue weighted by Crippen LogP contribution is 2.13. The quantitative estimate of drug-likeness (QED) is 0.791. The number of piperazine rings is 1. The molecule has 0 spiro atoms. The van der Waals surface area contributed by atoms with Gasteiger partial charge in [-0.05, 0) is 17.0 Å². The Bertz CT molecular complexity index is 828. The monoisotopic (exact) mass is 413 g/mol. The van der Waals surface area contributed by atoms with Gasteiger partial charge in [0.15, 0.2) is 0 Å². The molecule has 7 heteroatoms. The van der Waals surface area contributed by atoms with Crippen LogP contribution in [0.25, 0.3) is 0 Å². The standard InChI is InChI=1S/C22H27N3O3S/c1-16(2)21(27)24-10-12-25(13-11-24)22(28)18(15-17-7-4-3-5-8-17)23-20(26)19-9-6-14-29-19/h3-9,14,16,18H,10-13,15H2,1-2H3,(H,23,26). The van der Waals surface area contributed by atoms with Crippen LogP contribution in [0, 0.1) is 5.92 Å². The highest BCUT2D eigenvalue weighted by atomic mass is 32.1. The van der Waals surface area contributed by atoms with Gasteiger partial charge in [0.1, 0.15) is 6.04 Å². The van der Waals surface area contributed by atoms with Crippen LogP contribution >= 0.6 is 11.3 Å². The number of thiophene rings is 1. The second kappa shape index (κ2) is 9.69. The largest absolute Gasteiger partial charge is 0.339 e. The molecule has 1 aromatic heterocycles. The number of hydrogen-bond acceptors (Lipinski definition) is 4. The third-order valence-electron chi connectivity index (χ3n) is 5.03. The van der Waals surface area contributed by atoms with E-state index in [0.717, 1.165) is 5.56 Å². The summed E-state index contributed by atoms with van der Waals surface area (Å²) in [4.78, 5) is 42.2. The van der Waals surface area contributed by atoms with Gasteiger partial charge in [0.2, 0.25) is 11.8 Å². The smallest absolute Gasteiger partial charge is 0.262 e. The topological polar surface area (TPSA) is 69.7 Å². The van der Waals surface area contributed by atoms with Crippen molar-refractivity contribution in [2.75, 3.05) is 26.2 Å². The SMILES string of the molecule is CC(C)C(=O)N1CCN(C(=O)C(Cc2ccccc2)NC(=O)c2cccs2)CC1. The molecule has 29 heavy (non-hydrogen) atoms. The van der Waals surface area contributed by atoms with E-state index in [1.54, 1.807) is 11.0 Å². The predicted molar refractivity (Wildman–Crippen MR) is 114 cm³/mol. The average molecular weight is 414 g/mol. The van der Waals surface area contributed by atoms with Gasteiger partial charge in [-0.2, -0.15) is 0 Å². The van der Waals surface area contributed by atoms with Crippen molar-refractivity contribution in [1.82, 2.24) is 15.1 Å². The summed E-state index contributed by atoms with van der Waals surface area (Å²) in [7, 11) is 0. The molecule has 1 aliphatic heterocycles. The number of nitrogens with zero attached hydrogens (tertiary/aromatic N) is 2. The van der Waals surface area contributed by atoms with Crippen LogP contribution in [0.2, 0.25) is 0 Å². The molecular formula is C22H27N3O3S. The molecule has 0 aliphatic carbocycles. The van der Waals surface area contributed by atoms with E-state index < -0.39 is 6.04 Å². The molecule has 3 amide bonds. The van der Waals surface area contributed by atoms with Gasteiger partial charge in [0, 0.05) is 38.5 Å².